The summed E-state index contributed by atoms with van der Waals surface area (Å²) in [5.74, 6) is -0.208. The SMILES string of the molecule is COC(=O)C1=CN(CCO[Si](C)(C)C(C)(C)C)CCC1. The van der Waals surface area contributed by atoms with Gasteiger partial charge < -0.3 is 14.1 Å². The summed E-state index contributed by atoms with van der Waals surface area (Å²) in [5.41, 5.74) is 0.770. The van der Waals surface area contributed by atoms with Gasteiger partial charge in [-0.2, -0.15) is 0 Å². The predicted molar refractivity (Wildman–Crippen MR) is 84.1 cm³/mol. The molecule has 0 aromatic carbocycles. The van der Waals surface area contributed by atoms with Crippen LogP contribution in [0.4, 0.5) is 0 Å². The van der Waals surface area contributed by atoms with E-state index in [1.807, 2.05) is 6.20 Å². The van der Waals surface area contributed by atoms with Crippen LogP contribution in [0.1, 0.15) is 33.6 Å². The van der Waals surface area contributed by atoms with Gasteiger partial charge in [0, 0.05) is 19.3 Å². The van der Waals surface area contributed by atoms with E-state index < -0.39 is 8.32 Å². The molecule has 0 saturated heterocycles. The maximum Gasteiger partial charge on any atom is 0.335 e. The third-order valence-electron chi connectivity index (χ3n) is 4.33. The van der Waals surface area contributed by atoms with Crippen molar-refractivity contribution in [1.29, 1.82) is 0 Å². The first kappa shape index (κ1) is 17.2. The number of ether oxygens (including phenoxy) is 1. The number of methoxy groups -OCH3 is 1. The Kier molecular flexibility index (Phi) is 5.83. The predicted octanol–water partition coefficient (Wildman–Crippen LogP) is 3.16. The Hall–Kier alpha value is -0.813. The molecule has 0 aromatic heterocycles. The van der Waals surface area contributed by atoms with Gasteiger partial charge in [-0.25, -0.2) is 4.79 Å². The molecule has 20 heavy (non-hydrogen) atoms. The summed E-state index contributed by atoms with van der Waals surface area (Å²) in [4.78, 5) is 13.7. The maximum absolute atomic E-state index is 11.5. The zero-order chi connectivity index (χ0) is 15.4. The van der Waals surface area contributed by atoms with E-state index in [0.29, 0.717) is 0 Å². The second-order valence-electron chi connectivity index (χ2n) is 6.89. The van der Waals surface area contributed by atoms with Crippen LogP contribution in [0.2, 0.25) is 18.1 Å². The summed E-state index contributed by atoms with van der Waals surface area (Å²) >= 11 is 0. The van der Waals surface area contributed by atoms with Crippen LogP contribution in [0, 0.1) is 0 Å². The minimum atomic E-state index is -1.67. The Bertz CT molecular complexity index is 372. The highest BCUT2D eigenvalue weighted by atomic mass is 28.4. The molecule has 0 fully saturated rings. The number of rotatable bonds is 5. The normalized spacial score (nSPS) is 16.9. The molecule has 5 heteroatoms. The summed E-state index contributed by atoms with van der Waals surface area (Å²) in [7, 11) is -0.241. The first-order valence-electron chi connectivity index (χ1n) is 7.34. The number of nitrogens with zero attached hydrogens (tertiary/aromatic N) is 1. The van der Waals surface area contributed by atoms with Crippen molar-refractivity contribution in [3.63, 3.8) is 0 Å². The number of carbonyl (C=O) groups excluding carboxylic acids is 1. The molecule has 1 aliphatic rings. The topological polar surface area (TPSA) is 38.8 Å². The highest BCUT2D eigenvalue weighted by Crippen LogP contribution is 2.36. The highest BCUT2D eigenvalue weighted by Gasteiger charge is 2.37. The molecule has 0 radical (unpaired) electrons. The van der Waals surface area contributed by atoms with E-state index in [9.17, 15) is 4.79 Å². The maximum atomic E-state index is 11.5. The van der Waals surface area contributed by atoms with Crippen LogP contribution in [0.3, 0.4) is 0 Å². The van der Waals surface area contributed by atoms with E-state index in [1.165, 1.54) is 7.11 Å². The number of hydrogen-bond acceptors (Lipinski definition) is 4. The van der Waals surface area contributed by atoms with Crippen molar-refractivity contribution < 1.29 is 14.0 Å². The van der Waals surface area contributed by atoms with E-state index in [2.05, 4.69) is 38.8 Å². The Labute approximate surface area is 124 Å². The Morgan fingerprint density at radius 1 is 1.40 bits per heavy atom. The van der Waals surface area contributed by atoms with Crippen LogP contribution in [-0.2, 0) is 14.0 Å². The molecule has 0 aromatic rings. The zero-order valence-electron chi connectivity index (χ0n) is 13.8. The summed E-state index contributed by atoms with van der Waals surface area (Å²) < 4.78 is 11.0. The molecule has 116 valence electrons. The molecule has 1 rings (SSSR count). The van der Waals surface area contributed by atoms with E-state index >= 15 is 0 Å². The van der Waals surface area contributed by atoms with E-state index in [4.69, 9.17) is 9.16 Å². The van der Waals surface area contributed by atoms with Crippen molar-refractivity contribution in [3.05, 3.63) is 11.8 Å². The van der Waals surface area contributed by atoms with Crippen molar-refractivity contribution in [2.75, 3.05) is 26.8 Å². The summed E-state index contributed by atoms with van der Waals surface area (Å²) in [6.45, 7) is 13.8. The van der Waals surface area contributed by atoms with E-state index in [1.54, 1.807) is 0 Å². The quantitative estimate of drug-likeness (QED) is 0.577. The van der Waals surface area contributed by atoms with Crippen molar-refractivity contribution >= 4 is 14.3 Å². The first-order valence-corrected chi connectivity index (χ1v) is 10.3. The molecule has 0 unspecified atom stereocenters. The van der Waals surface area contributed by atoms with Gasteiger partial charge in [0.15, 0.2) is 8.32 Å². The monoisotopic (exact) mass is 299 g/mol. The fourth-order valence-corrected chi connectivity index (χ4v) is 2.95. The standard InChI is InChI=1S/C15H29NO3Si/c1-15(2,3)20(5,6)19-11-10-16-9-7-8-13(12-16)14(17)18-4/h12H,7-11H2,1-6H3. The molecule has 1 heterocycles. The molecule has 1 aliphatic heterocycles. The number of hydrogen-bond donors (Lipinski definition) is 0. The molecule has 0 bridgehead atoms. The van der Waals surface area contributed by atoms with Gasteiger partial charge in [0.1, 0.15) is 0 Å². The van der Waals surface area contributed by atoms with Gasteiger partial charge in [-0.15, -0.1) is 0 Å². The fourth-order valence-electron chi connectivity index (χ4n) is 1.92. The number of carbonyl (C=O) groups is 1. The molecule has 4 nitrogen and oxygen atoms in total. The van der Waals surface area contributed by atoms with Crippen LogP contribution in [0.15, 0.2) is 11.8 Å². The van der Waals surface area contributed by atoms with Crippen LogP contribution in [0.5, 0.6) is 0 Å². The molecule has 0 atom stereocenters. The van der Waals surface area contributed by atoms with Crippen molar-refractivity contribution in [2.45, 2.75) is 51.7 Å². The number of esters is 1. The minimum absolute atomic E-state index is 0.208. The summed E-state index contributed by atoms with van der Waals surface area (Å²) in [6, 6.07) is 0. The van der Waals surface area contributed by atoms with Gasteiger partial charge in [0.25, 0.3) is 0 Å². The van der Waals surface area contributed by atoms with Crippen LogP contribution in [0.25, 0.3) is 0 Å². The molecule has 0 amide bonds. The van der Waals surface area contributed by atoms with Gasteiger partial charge in [0.05, 0.1) is 19.3 Å². The van der Waals surface area contributed by atoms with Crippen LogP contribution in [-0.4, -0.2) is 46.0 Å². The third kappa shape index (κ3) is 4.63. The summed E-state index contributed by atoms with van der Waals surface area (Å²) in [5, 5.41) is 0.238. The summed E-state index contributed by atoms with van der Waals surface area (Å²) in [6.07, 6.45) is 3.75. The third-order valence-corrected chi connectivity index (χ3v) is 8.86. The van der Waals surface area contributed by atoms with Crippen molar-refractivity contribution in [2.24, 2.45) is 0 Å². The lowest BCUT2D eigenvalue weighted by atomic mass is 10.1. The van der Waals surface area contributed by atoms with Gasteiger partial charge in [-0.1, -0.05) is 20.8 Å². The lowest BCUT2D eigenvalue weighted by Crippen LogP contribution is -2.42. The fraction of sp³-hybridized carbons (Fsp3) is 0.800. The van der Waals surface area contributed by atoms with E-state index in [-0.39, 0.29) is 11.0 Å². The first-order chi connectivity index (χ1) is 9.17. The van der Waals surface area contributed by atoms with Crippen molar-refractivity contribution in [3.8, 4) is 0 Å². The smallest absolute Gasteiger partial charge is 0.335 e. The molecular formula is C15H29NO3Si. The van der Waals surface area contributed by atoms with Gasteiger partial charge in [-0.3, -0.25) is 0 Å². The van der Waals surface area contributed by atoms with Crippen LogP contribution >= 0.6 is 0 Å². The average Bonchev–Trinajstić information content (AvgIpc) is 2.36. The highest BCUT2D eigenvalue weighted by molar-refractivity contribution is 6.74. The molecule has 0 N–H and O–H groups in total. The average molecular weight is 299 g/mol. The molecule has 0 saturated carbocycles. The lowest BCUT2D eigenvalue weighted by molar-refractivity contribution is -0.136. The van der Waals surface area contributed by atoms with Gasteiger partial charge >= 0.3 is 5.97 Å². The van der Waals surface area contributed by atoms with Crippen LogP contribution < -0.4 is 0 Å². The van der Waals surface area contributed by atoms with Gasteiger partial charge in [0.2, 0.25) is 0 Å². The second-order valence-corrected chi connectivity index (χ2v) is 11.7. The molecule has 0 aliphatic carbocycles. The second kappa shape index (κ2) is 6.76. The largest absolute Gasteiger partial charge is 0.466 e. The minimum Gasteiger partial charge on any atom is -0.466 e. The molecule has 0 spiro atoms. The zero-order valence-corrected chi connectivity index (χ0v) is 14.8. The molecular weight excluding hydrogens is 270 g/mol. The van der Waals surface area contributed by atoms with Gasteiger partial charge in [-0.05, 0) is 31.0 Å². The lowest BCUT2D eigenvalue weighted by Gasteiger charge is -2.37. The Morgan fingerprint density at radius 3 is 2.60 bits per heavy atom. The van der Waals surface area contributed by atoms with E-state index in [0.717, 1.165) is 38.1 Å². The Morgan fingerprint density at radius 2 is 2.05 bits per heavy atom. The van der Waals surface area contributed by atoms with Crippen molar-refractivity contribution in [1.82, 2.24) is 4.90 Å². The Balaban J connectivity index is 2.48.